The SMILES string of the molecule is C[N+]1(CCCOCCN2CCCc3ccc(N)cc32)CCOCC1. The van der Waals surface area contributed by atoms with Gasteiger partial charge < -0.3 is 24.6 Å². The molecule has 5 heteroatoms. The third-order valence-corrected chi connectivity index (χ3v) is 5.37. The molecule has 2 aliphatic rings. The number of aryl methyl sites for hydroxylation is 1. The molecule has 0 saturated carbocycles. The summed E-state index contributed by atoms with van der Waals surface area (Å²) in [5, 5.41) is 0. The molecule has 0 aromatic heterocycles. The van der Waals surface area contributed by atoms with Crippen LogP contribution in [-0.2, 0) is 15.9 Å². The molecule has 1 fully saturated rings. The highest BCUT2D eigenvalue weighted by Crippen LogP contribution is 2.28. The van der Waals surface area contributed by atoms with Gasteiger partial charge in [0, 0.05) is 30.9 Å². The van der Waals surface area contributed by atoms with Gasteiger partial charge in [-0.3, -0.25) is 0 Å². The lowest BCUT2D eigenvalue weighted by atomic mass is 10.0. The van der Waals surface area contributed by atoms with Gasteiger partial charge in [-0.25, -0.2) is 0 Å². The fourth-order valence-corrected chi connectivity index (χ4v) is 3.73. The molecular weight excluding hydrogens is 302 g/mol. The summed E-state index contributed by atoms with van der Waals surface area (Å²) in [6.07, 6.45) is 3.50. The molecule has 2 aliphatic heterocycles. The van der Waals surface area contributed by atoms with Crippen LogP contribution < -0.4 is 10.6 Å². The number of nitrogens with two attached hydrogens (primary N) is 1. The van der Waals surface area contributed by atoms with E-state index in [1.165, 1.54) is 24.2 Å². The second-order valence-corrected chi connectivity index (χ2v) is 7.35. The molecule has 24 heavy (non-hydrogen) atoms. The molecular formula is C19H32N3O2+. The number of fused-ring (bicyclic) bond motifs is 1. The van der Waals surface area contributed by atoms with Crippen molar-refractivity contribution >= 4 is 11.4 Å². The van der Waals surface area contributed by atoms with Crippen LogP contribution >= 0.6 is 0 Å². The minimum absolute atomic E-state index is 0.793. The normalized spacial score (nSPS) is 20.0. The Morgan fingerprint density at radius 2 is 2.08 bits per heavy atom. The molecule has 0 amide bonds. The van der Waals surface area contributed by atoms with Crippen molar-refractivity contribution in [1.82, 2.24) is 0 Å². The Morgan fingerprint density at radius 3 is 2.92 bits per heavy atom. The number of nitrogen functional groups attached to an aromatic ring is 1. The highest BCUT2D eigenvalue weighted by Gasteiger charge is 2.24. The van der Waals surface area contributed by atoms with Crippen molar-refractivity contribution in [2.45, 2.75) is 19.3 Å². The number of nitrogens with zero attached hydrogens (tertiary/aromatic N) is 2. The minimum atomic E-state index is 0.793. The topological polar surface area (TPSA) is 47.7 Å². The molecule has 2 heterocycles. The molecule has 3 rings (SSSR count). The van der Waals surface area contributed by atoms with E-state index in [4.69, 9.17) is 15.2 Å². The van der Waals surface area contributed by atoms with Crippen molar-refractivity contribution in [1.29, 1.82) is 0 Å². The molecule has 0 aliphatic carbocycles. The quantitative estimate of drug-likeness (QED) is 0.470. The number of ether oxygens (including phenoxy) is 2. The van der Waals surface area contributed by atoms with Crippen LogP contribution in [0, 0.1) is 0 Å². The molecule has 0 bridgehead atoms. The molecule has 1 aromatic rings. The predicted octanol–water partition coefficient (Wildman–Crippen LogP) is 1.90. The zero-order valence-corrected chi connectivity index (χ0v) is 15.0. The van der Waals surface area contributed by atoms with Crippen LogP contribution in [0.3, 0.4) is 0 Å². The van der Waals surface area contributed by atoms with Gasteiger partial charge in [0.2, 0.25) is 0 Å². The summed E-state index contributed by atoms with van der Waals surface area (Å²) >= 11 is 0. The Morgan fingerprint density at radius 1 is 1.25 bits per heavy atom. The van der Waals surface area contributed by atoms with Crippen LogP contribution in [0.25, 0.3) is 0 Å². The van der Waals surface area contributed by atoms with Crippen LogP contribution in [0.2, 0.25) is 0 Å². The van der Waals surface area contributed by atoms with E-state index in [9.17, 15) is 0 Å². The van der Waals surface area contributed by atoms with Gasteiger partial charge in [-0.1, -0.05) is 6.07 Å². The van der Waals surface area contributed by atoms with Crippen molar-refractivity contribution in [3.8, 4) is 0 Å². The number of quaternary nitrogens is 1. The molecule has 134 valence electrons. The van der Waals surface area contributed by atoms with Crippen molar-refractivity contribution in [2.75, 3.05) is 76.8 Å². The van der Waals surface area contributed by atoms with Crippen LogP contribution in [-0.4, -0.2) is 70.7 Å². The number of hydrogen-bond acceptors (Lipinski definition) is 4. The van der Waals surface area contributed by atoms with Gasteiger partial charge in [0.1, 0.15) is 13.1 Å². The lowest BCUT2D eigenvalue weighted by Crippen LogP contribution is -2.52. The molecule has 0 unspecified atom stereocenters. The van der Waals surface area contributed by atoms with E-state index >= 15 is 0 Å². The van der Waals surface area contributed by atoms with Crippen molar-refractivity contribution in [3.63, 3.8) is 0 Å². The van der Waals surface area contributed by atoms with E-state index in [-0.39, 0.29) is 0 Å². The lowest BCUT2D eigenvalue weighted by molar-refractivity contribution is -0.917. The third kappa shape index (κ3) is 4.62. The van der Waals surface area contributed by atoms with Crippen molar-refractivity contribution < 1.29 is 14.0 Å². The number of benzene rings is 1. The van der Waals surface area contributed by atoms with Gasteiger partial charge in [0.25, 0.3) is 0 Å². The average Bonchev–Trinajstić information content (AvgIpc) is 2.59. The summed E-state index contributed by atoms with van der Waals surface area (Å²) in [6.45, 7) is 8.95. The van der Waals surface area contributed by atoms with E-state index in [1.54, 1.807) is 0 Å². The summed E-state index contributed by atoms with van der Waals surface area (Å²) in [4.78, 5) is 2.42. The zero-order chi connectivity index (χ0) is 16.8. The highest BCUT2D eigenvalue weighted by atomic mass is 16.5. The Balaban J connectivity index is 1.36. The molecule has 1 aromatic carbocycles. The molecule has 5 nitrogen and oxygen atoms in total. The summed E-state index contributed by atoms with van der Waals surface area (Å²) in [5.41, 5.74) is 9.52. The van der Waals surface area contributed by atoms with E-state index in [0.717, 1.165) is 75.6 Å². The van der Waals surface area contributed by atoms with Gasteiger partial charge in [-0.2, -0.15) is 0 Å². The summed E-state index contributed by atoms with van der Waals surface area (Å²) in [6, 6.07) is 6.29. The van der Waals surface area contributed by atoms with Gasteiger partial charge in [-0.05, 0) is 30.5 Å². The first-order valence-corrected chi connectivity index (χ1v) is 9.29. The standard InChI is InChI=1S/C19H32N3O2/c1-22(10-14-24-15-11-22)9-3-12-23-13-8-21-7-2-4-17-5-6-18(20)16-19(17)21/h5-6,16H,2-4,7-15,20H2,1H3/q+1. The number of likely N-dealkylation sites (N-methyl/N-ethyl adjacent to an activating group) is 1. The Kier molecular flexibility index (Phi) is 5.98. The molecule has 0 atom stereocenters. The van der Waals surface area contributed by atoms with Gasteiger partial charge >= 0.3 is 0 Å². The smallest absolute Gasteiger partial charge is 0.102 e. The Hall–Kier alpha value is -1.30. The maximum Gasteiger partial charge on any atom is 0.102 e. The number of anilines is 2. The van der Waals surface area contributed by atoms with Crippen molar-refractivity contribution in [3.05, 3.63) is 23.8 Å². The summed E-state index contributed by atoms with van der Waals surface area (Å²) in [5.74, 6) is 0. The average molecular weight is 334 g/mol. The van der Waals surface area contributed by atoms with Crippen molar-refractivity contribution in [2.24, 2.45) is 0 Å². The monoisotopic (exact) mass is 334 g/mol. The fourth-order valence-electron chi connectivity index (χ4n) is 3.73. The number of hydrogen-bond donors (Lipinski definition) is 1. The molecule has 1 saturated heterocycles. The second-order valence-electron chi connectivity index (χ2n) is 7.35. The number of morpholine rings is 1. The largest absolute Gasteiger partial charge is 0.399 e. The van der Waals surface area contributed by atoms with Crippen LogP contribution in [0.15, 0.2) is 18.2 Å². The molecule has 0 spiro atoms. The van der Waals surface area contributed by atoms with Crippen LogP contribution in [0.5, 0.6) is 0 Å². The summed E-state index contributed by atoms with van der Waals surface area (Å²) < 4.78 is 12.5. The third-order valence-electron chi connectivity index (χ3n) is 5.37. The number of rotatable bonds is 7. The maximum absolute atomic E-state index is 5.95. The van der Waals surface area contributed by atoms with E-state index in [1.807, 2.05) is 6.07 Å². The van der Waals surface area contributed by atoms with E-state index < -0.39 is 0 Å². The lowest BCUT2D eigenvalue weighted by Gasteiger charge is -2.37. The first kappa shape index (κ1) is 17.5. The van der Waals surface area contributed by atoms with Gasteiger partial charge in [0.05, 0.1) is 40.0 Å². The Bertz CT molecular complexity index is 529. The minimum Gasteiger partial charge on any atom is -0.399 e. The van der Waals surface area contributed by atoms with Crippen LogP contribution in [0.1, 0.15) is 18.4 Å². The van der Waals surface area contributed by atoms with E-state index in [2.05, 4.69) is 24.1 Å². The first-order chi connectivity index (χ1) is 11.7. The van der Waals surface area contributed by atoms with Gasteiger partial charge in [-0.15, -0.1) is 0 Å². The maximum atomic E-state index is 5.95. The predicted molar refractivity (Wildman–Crippen MR) is 98.4 cm³/mol. The summed E-state index contributed by atoms with van der Waals surface area (Å²) in [7, 11) is 2.33. The van der Waals surface area contributed by atoms with Gasteiger partial charge in [0.15, 0.2) is 0 Å². The second kappa shape index (κ2) is 8.19. The fraction of sp³-hybridized carbons (Fsp3) is 0.684. The molecule has 0 radical (unpaired) electrons. The zero-order valence-electron chi connectivity index (χ0n) is 15.0. The highest BCUT2D eigenvalue weighted by molar-refractivity contribution is 5.62. The van der Waals surface area contributed by atoms with E-state index in [0.29, 0.717) is 0 Å². The Labute approximate surface area is 145 Å². The molecule has 2 N–H and O–H groups in total. The first-order valence-electron chi connectivity index (χ1n) is 9.29. The van der Waals surface area contributed by atoms with Crippen LogP contribution in [0.4, 0.5) is 11.4 Å².